The van der Waals surface area contributed by atoms with Crippen LogP contribution in [-0.2, 0) is 0 Å². The van der Waals surface area contributed by atoms with E-state index in [-0.39, 0.29) is 15.7 Å². The van der Waals surface area contributed by atoms with Crippen LogP contribution in [0, 0.1) is 0 Å². The predicted molar refractivity (Wildman–Crippen MR) is 58.7 cm³/mol. The maximum absolute atomic E-state index is 11.0. The average Bonchev–Trinajstić information content (AvgIpc) is 2.19. The Bertz CT molecular complexity index is 554. The van der Waals surface area contributed by atoms with Crippen LogP contribution in [0.25, 0.3) is 10.9 Å². The summed E-state index contributed by atoms with van der Waals surface area (Å²) in [6.45, 7) is 0. The molecule has 0 saturated heterocycles. The number of para-hydroxylation sites is 1. The fourth-order valence-electron chi connectivity index (χ4n) is 1.37. The Labute approximate surface area is 95.3 Å². The number of carbonyl (C=O) groups is 1. The Morgan fingerprint density at radius 1 is 1.27 bits per heavy atom. The van der Waals surface area contributed by atoms with Crippen molar-refractivity contribution < 1.29 is 9.90 Å². The lowest BCUT2D eigenvalue weighted by atomic mass is 10.1. The van der Waals surface area contributed by atoms with Crippen molar-refractivity contribution in [1.82, 2.24) is 4.98 Å². The van der Waals surface area contributed by atoms with E-state index in [9.17, 15) is 4.79 Å². The number of nitrogens with zero attached hydrogens (tertiary/aromatic N) is 1. The largest absolute Gasteiger partial charge is 0.478 e. The molecule has 15 heavy (non-hydrogen) atoms. The lowest BCUT2D eigenvalue weighted by Crippen LogP contribution is -2.00. The van der Waals surface area contributed by atoms with Crippen LogP contribution in [0.4, 0.5) is 0 Å². The summed E-state index contributed by atoms with van der Waals surface area (Å²) in [7, 11) is 0. The third-order valence-electron chi connectivity index (χ3n) is 2.01. The molecule has 1 aromatic heterocycles. The first-order valence-corrected chi connectivity index (χ1v) is 4.84. The van der Waals surface area contributed by atoms with Gasteiger partial charge >= 0.3 is 5.97 Å². The number of pyridine rings is 1. The van der Waals surface area contributed by atoms with Crippen LogP contribution in [0.2, 0.25) is 10.2 Å². The van der Waals surface area contributed by atoms with Gasteiger partial charge in [0, 0.05) is 5.39 Å². The number of carboxylic acid groups (broad SMARTS) is 1. The summed E-state index contributed by atoms with van der Waals surface area (Å²) in [6.07, 6.45) is 0. The van der Waals surface area contributed by atoms with Crippen molar-refractivity contribution in [1.29, 1.82) is 0 Å². The van der Waals surface area contributed by atoms with Gasteiger partial charge < -0.3 is 5.11 Å². The molecule has 0 unspecified atom stereocenters. The zero-order valence-corrected chi connectivity index (χ0v) is 8.88. The lowest BCUT2D eigenvalue weighted by Gasteiger charge is -2.05. The fourth-order valence-corrected chi connectivity index (χ4v) is 1.78. The summed E-state index contributed by atoms with van der Waals surface area (Å²) in [6, 6.07) is 6.81. The molecule has 5 heteroatoms. The van der Waals surface area contributed by atoms with Crippen molar-refractivity contribution in [3.05, 3.63) is 40.0 Å². The number of benzene rings is 1. The first-order chi connectivity index (χ1) is 7.11. The van der Waals surface area contributed by atoms with Gasteiger partial charge in [0.1, 0.15) is 5.15 Å². The Kier molecular flexibility index (Phi) is 2.50. The molecule has 0 atom stereocenters. The molecule has 3 nitrogen and oxygen atoms in total. The molecule has 0 aliphatic carbocycles. The summed E-state index contributed by atoms with van der Waals surface area (Å²) in [5.41, 5.74) is 0.511. The number of carboxylic acids is 1. The molecule has 0 amide bonds. The van der Waals surface area contributed by atoms with Crippen LogP contribution in [0.15, 0.2) is 24.3 Å². The topological polar surface area (TPSA) is 50.2 Å². The van der Waals surface area contributed by atoms with Crippen LogP contribution in [0.3, 0.4) is 0 Å². The molecule has 0 bridgehead atoms. The van der Waals surface area contributed by atoms with Crippen LogP contribution in [-0.4, -0.2) is 16.1 Å². The number of aromatic nitrogens is 1. The van der Waals surface area contributed by atoms with Crippen LogP contribution in [0.5, 0.6) is 0 Å². The van der Waals surface area contributed by atoms with E-state index in [0.717, 1.165) is 0 Å². The maximum Gasteiger partial charge on any atom is 0.338 e. The number of rotatable bonds is 1. The minimum Gasteiger partial charge on any atom is -0.478 e. The molecule has 2 rings (SSSR count). The molecule has 1 heterocycles. The predicted octanol–water partition coefficient (Wildman–Crippen LogP) is 3.24. The van der Waals surface area contributed by atoms with Gasteiger partial charge in [-0.3, -0.25) is 0 Å². The first kappa shape index (κ1) is 10.2. The summed E-state index contributed by atoms with van der Waals surface area (Å²) in [4.78, 5) is 15.0. The molecule has 2 aromatic rings. The third-order valence-corrected chi connectivity index (χ3v) is 2.74. The molecular weight excluding hydrogens is 237 g/mol. The second kappa shape index (κ2) is 3.68. The molecule has 0 fully saturated rings. The number of aromatic carboxylic acids is 1. The van der Waals surface area contributed by atoms with E-state index in [1.807, 2.05) is 0 Å². The van der Waals surface area contributed by atoms with E-state index in [1.165, 1.54) is 0 Å². The lowest BCUT2D eigenvalue weighted by molar-refractivity contribution is 0.0699. The highest BCUT2D eigenvalue weighted by atomic mass is 35.5. The Balaban J connectivity index is 2.95. The molecular formula is C10H5Cl2NO2. The third kappa shape index (κ3) is 1.64. The van der Waals surface area contributed by atoms with E-state index < -0.39 is 5.97 Å². The molecule has 0 aliphatic heterocycles. The van der Waals surface area contributed by atoms with Gasteiger partial charge in [-0.1, -0.05) is 41.4 Å². The number of hydrogen-bond donors (Lipinski definition) is 1. The SMILES string of the molecule is O=C(O)c1c(Cl)c(Cl)nc2ccccc12. The Hall–Kier alpha value is -1.32. The van der Waals surface area contributed by atoms with Gasteiger partial charge in [-0.2, -0.15) is 0 Å². The summed E-state index contributed by atoms with van der Waals surface area (Å²) in [5, 5.41) is 9.48. The van der Waals surface area contributed by atoms with Crippen molar-refractivity contribution >= 4 is 40.1 Å². The van der Waals surface area contributed by atoms with Crippen molar-refractivity contribution in [3.63, 3.8) is 0 Å². The molecule has 0 aliphatic rings. The summed E-state index contributed by atoms with van der Waals surface area (Å²) in [5.74, 6) is -1.11. The minimum absolute atomic E-state index is 0.00716. The van der Waals surface area contributed by atoms with Gasteiger partial charge in [-0.05, 0) is 6.07 Å². The van der Waals surface area contributed by atoms with Crippen molar-refractivity contribution in [3.8, 4) is 0 Å². The molecule has 0 radical (unpaired) electrons. The standard InChI is InChI=1S/C10H5Cl2NO2/c11-8-7(10(14)15)5-3-1-2-4-6(5)13-9(8)12/h1-4H,(H,14,15). The highest BCUT2D eigenvalue weighted by molar-refractivity contribution is 6.44. The molecule has 0 saturated carbocycles. The monoisotopic (exact) mass is 241 g/mol. The van der Waals surface area contributed by atoms with E-state index >= 15 is 0 Å². The highest BCUT2D eigenvalue weighted by Gasteiger charge is 2.17. The normalized spacial score (nSPS) is 10.5. The van der Waals surface area contributed by atoms with E-state index in [2.05, 4.69) is 4.98 Å². The van der Waals surface area contributed by atoms with Crippen molar-refractivity contribution in [2.24, 2.45) is 0 Å². The van der Waals surface area contributed by atoms with Gasteiger partial charge in [0.15, 0.2) is 0 Å². The second-order valence-corrected chi connectivity index (χ2v) is 3.65. The fraction of sp³-hybridized carbons (Fsp3) is 0. The van der Waals surface area contributed by atoms with Gasteiger partial charge in [0.25, 0.3) is 0 Å². The zero-order valence-electron chi connectivity index (χ0n) is 7.37. The maximum atomic E-state index is 11.0. The van der Waals surface area contributed by atoms with Gasteiger partial charge in [-0.15, -0.1) is 0 Å². The molecule has 1 N–H and O–H groups in total. The average molecular weight is 242 g/mol. The van der Waals surface area contributed by atoms with Gasteiger partial charge in [0.2, 0.25) is 0 Å². The van der Waals surface area contributed by atoms with Crippen molar-refractivity contribution in [2.45, 2.75) is 0 Å². The van der Waals surface area contributed by atoms with Crippen LogP contribution < -0.4 is 0 Å². The molecule has 0 spiro atoms. The quantitative estimate of drug-likeness (QED) is 0.781. The number of halogens is 2. The second-order valence-electron chi connectivity index (χ2n) is 2.91. The number of fused-ring (bicyclic) bond motifs is 1. The summed E-state index contributed by atoms with van der Waals surface area (Å²) >= 11 is 11.5. The van der Waals surface area contributed by atoms with E-state index in [1.54, 1.807) is 24.3 Å². The van der Waals surface area contributed by atoms with E-state index in [4.69, 9.17) is 28.3 Å². The van der Waals surface area contributed by atoms with Gasteiger partial charge in [-0.25, -0.2) is 9.78 Å². The first-order valence-electron chi connectivity index (χ1n) is 4.08. The number of hydrogen-bond acceptors (Lipinski definition) is 2. The van der Waals surface area contributed by atoms with Crippen LogP contribution >= 0.6 is 23.2 Å². The molecule has 76 valence electrons. The smallest absolute Gasteiger partial charge is 0.338 e. The molecule has 1 aromatic carbocycles. The van der Waals surface area contributed by atoms with Crippen molar-refractivity contribution in [2.75, 3.05) is 0 Å². The summed E-state index contributed by atoms with van der Waals surface area (Å²) < 4.78 is 0. The van der Waals surface area contributed by atoms with E-state index in [0.29, 0.717) is 10.9 Å². The van der Waals surface area contributed by atoms with Gasteiger partial charge in [0.05, 0.1) is 16.1 Å². The highest BCUT2D eigenvalue weighted by Crippen LogP contribution is 2.30. The Morgan fingerprint density at radius 3 is 2.60 bits per heavy atom. The minimum atomic E-state index is -1.11. The van der Waals surface area contributed by atoms with Crippen LogP contribution in [0.1, 0.15) is 10.4 Å². The zero-order chi connectivity index (χ0) is 11.0. The Morgan fingerprint density at radius 2 is 1.93 bits per heavy atom.